The van der Waals surface area contributed by atoms with Gasteiger partial charge in [0.2, 0.25) is 5.91 Å². The minimum absolute atomic E-state index is 0. The molecule has 0 aromatic carbocycles. The zero-order valence-corrected chi connectivity index (χ0v) is 12.8. The van der Waals surface area contributed by atoms with Crippen LogP contribution in [0.3, 0.4) is 0 Å². The van der Waals surface area contributed by atoms with E-state index in [1.54, 1.807) is 0 Å². The van der Waals surface area contributed by atoms with Gasteiger partial charge in [-0.3, -0.25) is 4.79 Å². The molecule has 0 aromatic rings. The van der Waals surface area contributed by atoms with Crippen molar-refractivity contribution < 1.29 is 4.79 Å². The topological polar surface area (TPSA) is 41.1 Å². The highest BCUT2D eigenvalue weighted by Crippen LogP contribution is 2.30. The van der Waals surface area contributed by atoms with Gasteiger partial charge < -0.3 is 10.6 Å². The highest BCUT2D eigenvalue weighted by Gasteiger charge is 2.28. The predicted molar refractivity (Wildman–Crippen MR) is 79.1 cm³/mol. The normalized spacial score (nSPS) is 24.4. The van der Waals surface area contributed by atoms with Crippen molar-refractivity contribution >= 4 is 18.3 Å². The summed E-state index contributed by atoms with van der Waals surface area (Å²) in [7, 11) is 1.89. The van der Waals surface area contributed by atoms with Crippen LogP contribution >= 0.6 is 12.4 Å². The summed E-state index contributed by atoms with van der Waals surface area (Å²) in [6.07, 6.45) is 7.58. The van der Waals surface area contributed by atoms with E-state index in [9.17, 15) is 4.79 Å². The maximum atomic E-state index is 12.0. The van der Waals surface area contributed by atoms with Gasteiger partial charge in [-0.05, 0) is 32.2 Å². The van der Waals surface area contributed by atoms with Gasteiger partial charge in [0.05, 0.1) is 0 Å². The minimum atomic E-state index is 0. The lowest BCUT2D eigenvalue weighted by atomic mass is 9.96. The Kier molecular flexibility index (Phi) is 9.47. The van der Waals surface area contributed by atoms with Crippen LogP contribution in [0.15, 0.2) is 0 Å². The molecule has 2 N–H and O–H groups in total. The van der Waals surface area contributed by atoms with Gasteiger partial charge in [-0.1, -0.05) is 33.1 Å². The summed E-state index contributed by atoms with van der Waals surface area (Å²) in [6, 6.07) is 0.438. The summed E-state index contributed by atoms with van der Waals surface area (Å²) in [6.45, 7) is 4.98. The summed E-state index contributed by atoms with van der Waals surface area (Å²) >= 11 is 0. The van der Waals surface area contributed by atoms with Gasteiger partial charge in [-0.25, -0.2) is 0 Å². The second-order valence-corrected chi connectivity index (χ2v) is 5.41. The molecule has 0 bridgehead atoms. The Morgan fingerprint density at radius 1 is 1.39 bits per heavy atom. The highest BCUT2D eigenvalue weighted by molar-refractivity contribution is 5.85. The van der Waals surface area contributed by atoms with E-state index in [1.807, 2.05) is 14.0 Å². The van der Waals surface area contributed by atoms with Gasteiger partial charge in [0.15, 0.2) is 0 Å². The molecule has 0 radical (unpaired) electrons. The van der Waals surface area contributed by atoms with Crippen molar-refractivity contribution in [1.82, 2.24) is 10.6 Å². The molecule has 4 heteroatoms. The summed E-state index contributed by atoms with van der Waals surface area (Å²) in [5.41, 5.74) is 0. The molecule has 1 saturated carbocycles. The van der Waals surface area contributed by atoms with Crippen LogP contribution in [0.4, 0.5) is 0 Å². The summed E-state index contributed by atoms with van der Waals surface area (Å²) in [4.78, 5) is 12.0. The molecule has 0 saturated heterocycles. The van der Waals surface area contributed by atoms with E-state index < -0.39 is 0 Å². The molecule has 1 amide bonds. The molecule has 0 heterocycles. The first kappa shape index (κ1) is 17.7. The van der Waals surface area contributed by atoms with E-state index in [0.717, 1.165) is 12.5 Å². The van der Waals surface area contributed by atoms with Crippen LogP contribution in [0.25, 0.3) is 0 Å². The third-order valence-corrected chi connectivity index (χ3v) is 3.87. The predicted octanol–water partition coefficient (Wildman–Crippen LogP) is 2.74. The Bertz CT molecular complexity index is 236. The molecular weight excluding hydrogens is 248 g/mol. The van der Waals surface area contributed by atoms with E-state index in [-0.39, 0.29) is 24.2 Å². The van der Waals surface area contributed by atoms with Crippen molar-refractivity contribution in [3.63, 3.8) is 0 Å². The van der Waals surface area contributed by atoms with Gasteiger partial charge >= 0.3 is 0 Å². The Hall–Kier alpha value is -0.280. The van der Waals surface area contributed by atoms with E-state index in [2.05, 4.69) is 17.6 Å². The zero-order chi connectivity index (χ0) is 12.7. The Labute approximate surface area is 118 Å². The van der Waals surface area contributed by atoms with Gasteiger partial charge in [-0.2, -0.15) is 0 Å². The Balaban J connectivity index is 0.00000289. The summed E-state index contributed by atoms with van der Waals surface area (Å²) in [5, 5.41) is 6.30. The number of rotatable bonds is 7. The third-order valence-electron chi connectivity index (χ3n) is 3.87. The maximum Gasteiger partial charge on any atom is 0.224 e. The van der Waals surface area contributed by atoms with Gasteiger partial charge in [0.1, 0.15) is 0 Å². The van der Waals surface area contributed by atoms with Crippen molar-refractivity contribution in [2.45, 2.75) is 58.4 Å². The number of unbranched alkanes of at least 4 members (excludes halogenated alkanes) is 1. The summed E-state index contributed by atoms with van der Waals surface area (Å²) in [5.74, 6) is 1.01. The molecule has 0 aliphatic heterocycles. The molecule has 1 aliphatic rings. The quantitative estimate of drug-likeness (QED) is 0.751. The first-order chi connectivity index (χ1) is 8.19. The number of nitrogens with one attached hydrogen (secondary N) is 2. The van der Waals surface area contributed by atoms with Crippen LogP contribution in [0.5, 0.6) is 0 Å². The van der Waals surface area contributed by atoms with Crippen molar-refractivity contribution in [2.24, 2.45) is 11.8 Å². The van der Waals surface area contributed by atoms with Crippen LogP contribution in [0.1, 0.15) is 52.4 Å². The fraction of sp³-hybridized carbons (Fsp3) is 0.929. The lowest BCUT2D eigenvalue weighted by Gasteiger charge is -2.22. The molecule has 18 heavy (non-hydrogen) atoms. The standard InChI is InChI=1S/C14H28N2O.ClH/c1-4-5-7-12-8-6-9-13(12)16-14(17)11(2)10-15-3;/h11-13,15H,4-10H2,1-3H3,(H,16,17);1H. The lowest BCUT2D eigenvalue weighted by Crippen LogP contribution is -2.42. The number of carbonyl (C=O) groups is 1. The third kappa shape index (κ3) is 5.57. The zero-order valence-electron chi connectivity index (χ0n) is 12.0. The average molecular weight is 277 g/mol. The molecule has 0 aromatic heterocycles. The summed E-state index contributed by atoms with van der Waals surface area (Å²) < 4.78 is 0. The van der Waals surface area contributed by atoms with Gasteiger partial charge in [0.25, 0.3) is 0 Å². The molecule has 3 atom stereocenters. The van der Waals surface area contributed by atoms with E-state index >= 15 is 0 Å². The van der Waals surface area contributed by atoms with Gasteiger partial charge in [-0.15, -0.1) is 12.4 Å². The number of carbonyl (C=O) groups excluding carboxylic acids is 1. The smallest absolute Gasteiger partial charge is 0.224 e. The first-order valence-corrected chi connectivity index (χ1v) is 7.14. The van der Waals surface area contributed by atoms with Crippen LogP contribution in [0.2, 0.25) is 0 Å². The fourth-order valence-corrected chi connectivity index (χ4v) is 2.76. The van der Waals surface area contributed by atoms with Crippen molar-refractivity contribution in [1.29, 1.82) is 0 Å². The Morgan fingerprint density at radius 2 is 2.11 bits per heavy atom. The Morgan fingerprint density at radius 3 is 2.72 bits per heavy atom. The largest absolute Gasteiger partial charge is 0.353 e. The van der Waals surface area contributed by atoms with Crippen LogP contribution < -0.4 is 10.6 Å². The number of hydrogen-bond acceptors (Lipinski definition) is 2. The molecule has 0 spiro atoms. The average Bonchev–Trinajstić information content (AvgIpc) is 2.74. The minimum Gasteiger partial charge on any atom is -0.353 e. The second kappa shape index (κ2) is 9.62. The number of amides is 1. The monoisotopic (exact) mass is 276 g/mol. The number of hydrogen-bond donors (Lipinski definition) is 2. The maximum absolute atomic E-state index is 12.0. The van der Waals surface area contributed by atoms with Crippen LogP contribution in [-0.4, -0.2) is 25.5 Å². The molecule has 1 rings (SSSR count). The van der Waals surface area contributed by atoms with E-state index in [4.69, 9.17) is 0 Å². The van der Waals surface area contributed by atoms with Gasteiger partial charge in [0, 0.05) is 18.5 Å². The molecule has 1 fully saturated rings. The highest BCUT2D eigenvalue weighted by atomic mass is 35.5. The van der Waals surface area contributed by atoms with Crippen LogP contribution in [0, 0.1) is 11.8 Å². The van der Waals surface area contributed by atoms with Crippen molar-refractivity contribution in [3.05, 3.63) is 0 Å². The lowest BCUT2D eigenvalue weighted by molar-refractivity contribution is -0.125. The molecule has 3 unspecified atom stereocenters. The molecule has 1 aliphatic carbocycles. The fourth-order valence-electron chi connectivity index (χ4n) is 2.76. The molecule has 3 nitrogen and oxygen atoms in total. The SMILES string of the molecule is CCCCC1CCCC1NC(=O)C(C)CNC.Cl. The van der Waals surface area contributed by atoms with Crippen molar-refractivity contribution in [3.8, 4) is 0 Å². The van der Waals surface area contributed by atoms with E-state index in [0.29, 0.717) is 6.04 Å². The second-order valence-electron chi connectivity index (χ2n) is 5.41. The first-order valence-electron chi connectivity index (χ1n) is 7.14. The van der Waals surface area contributed by atoms with Crippen molar-refractivity contribution in [2.75, 3.05) is 13.6 Å². The molecular formula is C14H29ClN2O. The number of halogens is 1. The van der Waals surface area contributed by atoms with Crippen LogP contribution in [-0.2, 0) is 4.79 Å². The molecule has 108 valence electrons. The van der Waals surface area contributed by atoms with E-state index in [1.165, 1.54) is 38.5 Å².